The molecule has 0 heterocycles. The van der Waals surface area contributed by atoms with Gasteiger partial charge in [-0.3, -0.25) is 4.79 Å². The molecule has 0 spiro atoms. The van der Waals surface area contributed by atoms with Gasteiger partial charge in [-0.05, 0) is 17.4 Å². The summed E-state index contributed by atoms with van der Waals surface area (Å²) in [6.45, 7) is 6.23. The minimum Gasteiger partial charge on any atom is -0.481 e. The Kier molecular flexibility index (Phi) is 4.73. The zero-order valence-electron chi connectivity index (χ0n) is 10.9. The molecule has 1 aromatic rings. The minimum absolute atomic E-state index is 0.205. The quantitative estimate of drug-likeness (QED) is 0.805. The van der Waals surface area contributed by atoms with E-state index in [1.807, 2.05) is 30.3 Å². The molecule has 94 valence electrons. The highest BCUT2D eigenvalue weighted by atomic mass is 16.4. The Labute approximate surface area is 104 Å². The predicted molar refractivity (Wildman–Crippen MR) is 70.1 cm³/mol. The number of carboxylic acid groups (broad SMARTS) is 1. The van der Waals surface area contributed by atoms with E-state index in [-0.39, 0.29) is 5.41 Å². The molecule has 0 aliphatic rings. The molecule has 0 aromatic heterocycles. The third-order valence-corrected chi connectivity index (χ3v) is 3.34. The van der Waals surface area contributed by atoms with Gasteiger partial charge in [0.25, 0.3) is 0 Å². The summed E-state index contributed by atoms with van der Waals surface area (Å²) in [5, 5.41) is 9.46. The second-order valence-electron chi connectivity index (χ2n) is 5.27. The lowest BCUT2D eigenvalue weighted by Gasteiger charge is -2.31. The van der Waals surface area contributed by atoms with E-state index in [4.69, 9.17) is 0 Å². The smallest absolute Gasteiger partial charge is 0.311 e. The van der Waals surface area contributed by atoms with Crippen LogP contribution in [0.25, 0.3) is 0 Å². The van der Waals surface area contributed by atoms with Gasteiger partial charge in [0, 0.05) is 0 Å². The first-order chi connectivity index (χ1) is 7.99. The maximum Gasteiger partial charge on any atom is 0.311 e. The topological polar surface area (TPSA) is 37.3 Å². The molecule has 0 radical (unpaired) electrons. The first-order valence-corrected chi connectivity index (χ1v) is 6.27. The standard InChI is InChI=1S/C15H22O2/c1-4-5-11-15(2,3)13(14(16)17)12-9-7-6-8-10-12/h6-10,13H,4-5,11H2,1-3H3,(H,16,17). The Bertz CT molecular complexity index is 354. The molecule has 0 aliphatic heterocycles. The molecule has 1 unspecified atom stereocenters. The molecule has 2 nitrogen and oxygen atoms in total. The lowest BCUT2D eigenvalue weighted by atomic mass is 9.72. The largest absolute Gasteiger partial charge is 0.481 e. The van der Waals surface area contributed by atoms with E-state index in [2.05, 4.69) is 20.8 Å². The average molecular weight is 234 g/mol. The first-order valence-electron chi connectivity index (χ1n) is 6.27. The summed E-state index contributed by atoms with van der Waals surface area (Å²) in [6, 6.07) is 9.54. The monoisotopic (exact) mass is 234 g/mol. The van der Waals surface area contributed by atoms with Gasteiger partial charge < -0.3 is 5.11 Å². The van der Waals surface area contributed by atoms with E-state index in [0.717, 1.165) is 24.8 Å². The van der Waals surface area contributed by atoms with Crippen LogP contribution in [0.5, 0.6) is 0 Å². The van der Waals surface area contributed by atoms with Crippen molar-refractivity contribution in [3.05, 3.63) is 35.9 Å². The Hall–Kier alpha value is -1.31. The van der Waals surface area contributed by atoms with E-state index in [0.29, 0.717) is 0 Å². The Balaban J connectivity index is 2.97. The van der Waals surface area contributed by atoms with Gasteiger partial charge in [0.05, 0.1) is 5.92 Å². The van der Waals surface area contributed by atoms with E-state index in [1.54, 1.807) is 0 Å². The maximum atomic E-state index is 11.5. The number of unbranched alkanes of at least 4 members (excludes halogenated alkanes) is 1. The van der Waals surface area contributed by atoms with Crippen LogP contribution in [-0.2, 0) is 4.79 Å². The Morgan fingerprint density at radius 3 is 2.35 bits per heavy atom. The molecule has 0 saturated carbocycles. The van der Waals surface area contributed by atoms with Crippen LogP contribution in [0.15, 0.2) is 30.3 Å². The summed E-state index contributed by atoms with van der Waals surface area (Å²) in [4.78, 5) is 11.5. The van der Waals surface area contributed by atoms with E-state index >= 15 is 0 Å². The van der Waals surface area contributed by atoms with Crippen molar-refractivity contribution in [1.29, 1.82) is 0 Å². The maximum absolute atomic E-state index is 11.5. The average Bonchev–Trinajstić information content (AvgIpc) is 2.27. The SMILES string of the molecule is CCCCC(C)(C)C(C(=O)O)c1ccccc1. The van der Waals surface area contributed by atoms with Crippen molar-refractivity contribution in [1.82, 2.24) is 0 Å². The van der Waals surface area contributed by atoms with Crippen LogP contribution in [0.4, 0.5) is 0 Å². The molecule has 0 bridgehead atoms. The third-order valence-electron chi connectivity index (χ3n) is 3.34. The number of hydrogen-bond acceptors (Lipinski definition) is 1. The van der Waals surface area contributed by atoms with Gasteiger partial charge in [0.1, 0.15) is 0 Å². The van der Waals surface area contributed by atoms with Gasteiger partial charge in [0.2, 0.25) is 0 Å². The zero-order chi connectivity index (χ0) is 12.9. The molecule has 1 atom stereocenters. The Morgan fingerprint density at radius 2 is 1.88 bits per heavy atom. The van der Waals surface area contributed by atoms with Crippen LogP contribution in [0.2, 0.25) is 0 Å². The third kappa shape index (κ3) is 3.58. The molecule has 1 aromatic carbocycles. The number of carbonyl (C=O) groups is 1. The highest BCUT2D eigenvalue weighted by Gasteiger charge is 2.35. The molecular weight excluding hydrogens is 212 g/mol. The Morgan fingerprint density at radius 1 is 1.29 bits per heavy atom. The van der Waals surface area contributed by atoms with Crippen molar-refractivity contribution in [3.63, 3.8) is 0 Å². The molecular formula is C15H22O2. The second-order valence-corrected chi connectivity index (χ2v) is 5.27. The summed E-state index contributed by atoms with van der Waals surface area (Å²) < 4.78 is 0. The fraction of sp³-hybridized carbons (Fsp3) is 0.533. The molecule has 1 N–H and O–H groups in total. The fourth-order valence-corrected chi connectivity index (χ4v) is 2.35. The van der Waals surface area contributed by atoms with Gasteiger partial charge >= 0.3 is 5.97 Å². The minimum atomic E-state index is -0.725. The number of hydrogen-bond donors (Lipinski definition) is 1. The van der Waals surface area contributed by atoms with Crippen molar-refractivity contribution in [2.45, 2.75) is 46.0 Å². The summed E-state index contributed by atoms with van der Waals surface area (Å²) in [6.07, 6.45) is 3.11. The van der Waals surface area contributed by atoms with Crippen LogP contribution in [0.3, 0.4) is 0 Å². The molecule has 0 saturated heterocycles. The van der Waals surface area contributed by atoms with Gasteiger partial charge in [-0.1, -0.05) is 63.9 Å². The van der Waals surface area contributed by atoms with Gasteiger partial charge in [-0.2, -0.15) is 0 Å². The van der Waals surface area contributed by atoms with E-state index in [9.17, 15) is 9.90 Å². The van der Waals surface area contributed by atoms with Crippen LogP contribution in [-0.4, -0.2) is 11.1 Å². The van der Waals surface area contributed by atoms with Crippen molar-refractivity contribution in [3.8, 4) is 0 Å². The molecule has 2 heteroatoms. The van der Waals surface area contributed by atoms with Crippen LogP contribution in [0.1, 0.15) is 51.5 Å². The van der Waals surface area contributed by atoms with Crippen molar-refractivity contribution in [2.75, 3.05) is 0 Å². The number of aliphatic carboxylic acids is 1. The molecule has 0 aliphatic carbocycles. The molecule has 0 fully saturated rings. The highest BCUT2D eigenvalue weighted by molar-refractivity contribution is 5.77. The molecule has 1 rings (SSSR count). The molecule has 0 amide bonds. The van der Waals surface area contributed by atoms with Gasteiger partial charge in [0.15, 0.2) is 0 Å². The summed E-state index contributed by atoms with van der Waals surface area (Å²) >= 11 is 0. The van der Waals surface area contributed by atoms with Gasteiger partial charge in [-0.25, -0.2) is 0 Å². The van der Waals surface area contributed by atoms with Crippen LogP contribution >= 0.6 is 0 Å². The van der Waals surface area contributed by atoms with Gasteiger partial charge in [-0.15, -0.1) is 0 Å². The highest BCUT2D eigenvalue weighted by Crippen LogP contribution is 2.39. The van der Waals surface area contributed by atoms with Crippen molar-refractivity contribution < 1.29 is 9.90 Å². The second kappa shape index (κ2) is 5.85. The summed E-state index contributed by atoms with van der Waals surface area (Å²) in [7, 11) is 0. The first kappa shape index (κ1) is 13.8. The number of carboxylic acids is 1. The lowest BCUT2D eigenvalue weighted by molar-refractivity contribution is -0.141. The van der Waals surface area contributed by atoms with E-state index < -0.39 is 11.9 Å². The van der Waals surface area contributed by atoms with Crippen LogP contribution in [0, 0.1) is 5.41 Å². The van der Waals surface area contributed by atoms with E-state index in [1.165, 1.54) is 0 Å². The van der Waals surface area contributed by atoms with Crippen molar-refractivity contribution >= 4 is 5.97 Å². The van der Waals surface area contributed by atoms with Crippen LogP contribution < -0.4 is 0 Å². The molecule has 17 heavy (non-hydrogen) atoms. The fourth-order valence-electron chi connectivity index (χ4n) is 2.35. The number of benzene rings is 1. The zero-order valence-corrected chi connectivity index (χ0v) is 10.9. The lowest BCUT2D eigenvalue weighted by Crippen LogP contribution is -2.29. The normalized spacial score (nSPS) is 13.4. The summed E-state index contributed by atoms with van der Waals surface area (Å²) in [5.74, 6) is -1.15. The summed E-state index contributed by atoms with van der Waals surface area (Å²) in [5.41, 5.74) is 0.699. The number of rotatable bonds is 6. The van der Waals surface area contributed by atoms with Crippen molar-refractivity contribution in [2.24, 2.45) is 5.41 Å². The predicted octanol–water partition coefficient (Wildman–Crippen LogP) is 4.07.